The minimum atomic E-state index is -0.177. The highest BCUT2D eigenvalue weighted by atomic mass is 32.1. The Kier molecular flexibility index (Phi) is 7.09. The van der Waals surface area contributed by atoms with E-state index in [1.165, 1.54) is 6.92 Å². The normalized spacial score (nSPS) is 11.5. The van der Waals surface area contributed by atoms with Gasteiger partial charge >= 0.3 is 0 Å². The van der Waals surface area contributed by atoms with Crippen molar-refractivity contribution in [3.05, 3.63) is 112 Å². The molecule has 34 heavy (non-hydrogen) atoms. The van der Waals surface area contributed by atoms with E-state index < -0.39 is 0 Å². The van der Waals surface area contributed by atoms with Crippen LogP contribution in [0, 0.1) is 13.8 Å². The predicted octanol–water partition coefficient (Wildman–Crippen LogP) is 6.78. The third-order valence-corrected chi connectivity index (χ3v) is 6.77. The predicted molar refractivity (Wildman–Crippen MR) is 141 cm³/mol. The summed E-state index contributed by atoms with van der Waals surface area (Å²) in [6.45, 7) is 5.66. The van der Waals surface area contributed by atoms with Crippen molar-refractivity contribution in [1.29, 1.82) is 0 Å². The molecule has 0 saturated heterocycles. The molecule has 6 heteroatoms. The third-order valence-electron chi connectivity index (χ3n) is 5.63. The molecule has 1 heterocycles. The van der Waals surface area contributed by atoms with Gasteiger partial charge in [0.15, 0.2) is 0 Å². The third kappa shape index (κ3) is 5.35. The Hall–Kier alpha value is -3.90. The number of carbonyl (C=O) groups excluding carboxylic acids is 2. The van der Waals surface area contributed by atoms with Crippen molar-refractivity contribution in [2.45, 2.75) is 26.8 Å². The molecule has 4 aromatic rings. The summed E-state index contributed by atoms with van der Waals surface area (Å²) in [5.74, 6) is -0.236. The first kappa shape index (κ1) is 23.3. The first-order valence-electron chi connectivity index (χ1n) is 11.1. The van der Waals surface area contributed by atoms with E-state index in [0.29, 0.717) is 5.56 Å². The van der Waals surface area contributed by atoms with Gasteiger partial charge in [-0.2, -0.15) is 0 Å². The van der Waals surface area contributed by atoms with Crippen LogP contribution in [0.5, 0.6) is 0 Å². The molecule has 3 aromatic carbocycles. The van der Waals surface area contributed by atoms with Gasteiger partial charge in [-0.1, -0.05) is 48.5 Å². The first-order valence-corrected chi connectivity index (χ1v) is 11.9. The van der Waals surface area contributed by atoms with Gasteiger partial charge in [0.05, 0.1) is 6.04 Å². The number of nitrogens with one attached hydrogen (secondary N) is 3. The summed E-state index contributed by atoms with van der Waals surface area (Å²) in [6, 6.07) is 26.9. The van der Waals surface area contributed by atoms with Gasteiger partial charge in [0.1, 0.15) is 5.00 Å². The number of rotatable bonds is 7. The molecule has 172 valence electrons. The Morgan fingerprint density at radius 1 is 0.765 bits per heavy atom. The second-order valence-electron chi connectivity index (χ2n) is 8.09. The molecular weight excluding hydrogens is 442 g/mol. The van der Waals surface area contributed by atoms with Crippen LogP contribution in [0.2, 0.25) is 0 Å². The average Bonchev–Trinajstić information content (AvgIpc) is 3.12. The SMILES string of the molecule is CC(=O)Nc1ccc(N[C@H](c2ccccc2)c2c(NC(=O)c3ccccc3)sc(C)c2C)cc1. The molecule has 5 nitrogen and oxygen atoms in total. The molecule has 0 radical (unpaired) electrons. The Balaban J connectivity index is 1.71. The monoisotopic (exact) mass is 469 g/mol. The number of aryl methyl sites for hydroxylation is 1. The van der Waals surface area contributed by atoms with Gasteiger partial charge in [-0.3, -0.25) is 9.59 Å². The lowest BCUT2D eigenvalue weighted by Crippen LogP contribution is -2.17. The number of hydrogen-bond donors (Lipinski definition) is 3. The van der Waals surface area contributed by atoms with E-state index in [-0.39, 0.29) is 17.9 Å². The number of benzene rings is 3. The van der Waals surface area contributed by atoms with Crippen molar-refractivity contribution >= 4 is 39.5 Å². The minimum Gasteiger partial charge on any atom is -0.374 e. The zero-order valence-electron chi connectivity index (χ0n) is 19.4. The summed E-state index contributed by atoms with van der Waals surface area (Å²) < 4.78 is 0. The molecule has 0 fully saturated rings. The fraction of sp³-hybridized carbons (Fsp3) is 0.143. The van der Waals surface area contributed by atoms with E-state index in [4.69, 9.17) is 0 Å². The van der Waals surface area contributed by atoms with Gasteiger partial charge in [-0.15, -0.1) is 11.3 Å². The minimum absolute atomic E-state index is 0.106. The summed E-state index contributed by atoms with van der Waals surface area (Å²) in [5, 5.41) is 10.4. The van der Waals surface area contributed by atoms with E-state index in [9.17, 15) is 9.59 Å². The first-order chi connectivity index (χ1) is 16.4. The molecule has 0 aliphatic carbocycles. The van der Waals surface area contributed by atoms with Crippen LogP contribution < -0.4 is 16.0 Å². The van der Waals surface area contributed by atoms with Gasteiger partial charge in [-0.05, 0) is 61.4 Å². The molecule has 0 unspecified atom stereocenters. The number of hydrogen-bond acceptors (Lipinski definition) is 4. The van der Waals surface area contributed by atoms with Crippen molar-refractivity contribution in [2.24, 2.45) is 0 Å². The topological polar surface area (TPSA) is 70.2 Å². The number of anilines is 3. The van der Waals surface area contributed by atoms with Crippen molar-refractivity contribution in [1.82, 2.24) is 0 Å². The standard InChI is InChI=1S/C28H27N3O2S/c1-18-19(2)34-28(31-27(33)22-12-8-5-9-13-22)25(18)26(21-10-6-4-7-11-21)30-24-16-14-23(15-17-24)29-20(3)32/h4-17,26,30H,1-3H3,(H,29,32)(H,31,33)/t26-/m1/s1. The molecule has 0 bridgehead atoms. The molecule has 0 aliphatic rings. The zero-order valence-corrected chi connectivity index (χ0v) is 20.2. The van der Waals surface area contributed by atoms with E-state index >= 15 is 0 Å². The molecule has 0 spiro atoms. The second kappa shape index (κ2) is 10.4. The lowest BCUT2D eigenvalue weighted by atomic mass is 9.96. The molecule has 0 aliphatic heterocycles. The van der Waals surface area contributed by atoms with E-state index in [2.05, 4.69) is 41.9 Å². The fourth-order valence-electron chi connectivity index (χ4n) is 3.84. The van der Waals surface area contributed by atoms with Crippen molar-refractivity contribution < 1.29 is 9.59 Å². The number of amides is 2. The van der Waals surface area contributed by atoms with E-state index in [0.717, 1.165) is 37.9 Å². The van der Waals surface area contributed by atoms with Crippen LogP contribution in [0.3, 0.4) is 0 Å². The van der Waals surface area contributed by atoms with Crippen LogP contribution in [0.25, 0.3) is 0 Å². The molecule has 4 rings (SSSR count). The van der Waals surface area contributed by atoms with Crippen molar-refractivity contribution in [2.75, 3.05) is 16.0 Å². The van der Waals surface area contributed by atoms with E-state index in [1.807, 2.05) is 72.8 Å². The van der Waals surface area contributed by atoms with Gasteiger partial charge in [-0.25, -0.2) is 0 Å². The molecule has 2 amide bonds. The quantitative estimate of drug-likeness (QED) is 0.279. The summed E-state index contributed by atoms with van der Waals surface area (Å²) in [6.07, 6.45) is 0. The van der Waals surface area contributed by atoms with Crippen LogP contribution in [0.4, 0.5) is 16.4 Å². The molecule has 1 atom stereocenters. The Labute approximate surface area is 203 Å². The molecule has 3 N–H and O–H groups in total. The van der Waals surface area contributed by atoms with Crippen LogP contribution in [0.15, 0.2) is 84.9 Å². The summed E-state index contributed by atoms with van der Waals surface area (Å²) in [5.41, 5.74) is 5.55. The Bertz CT molecular complexity index is 1280. The maximum absolute atomic E-state index is 13.0. The van der Waals surface area contributed by atoms with Gasteiger partial charge in [0.2, 0.25) is 5.91 Å². The summed E-state index contributed by atoms with van der Waals surface area (Å²) in [7, 11) is 0. The largest absolute Gasteiger partial charge is 0.374 e. The second-order valence-corrected chi connectivity index (χ2v) is 9.32. The van der Waals surface area contributed by atoms with Gasteiger partial charge in [0, 0.05) is 34.3 Å². The highest BCUT2D eigenvalue weighted by Crippen LogP contribution is 2.41. The zero-order chi connectivity index (χ0) is 24.1. The molecule has 1 aromatic heterocycles. The van der Waals surface area contributed by atoms with Gasteiger partial charge in [0.25, 0.3) is 5.91 Å². The number of carbonyl (C=O) groups is 2. The van der Waals surface area contributed by atoms with Crippen molar-refractivity contribution in [3.8, 4) is 0 Å². The molecular formula is C28H27N3O2S. The van der Waals surface area contributed by atoms with Gasteiger partial charge < -0.3 is 16.0 Å². The Morgan fingerprint density at radius 2 is 1.35 bits per heavy atom. The maximum Gasteiger partial charge on any atom is 0.256 e. The summed E-state index contributed by atoms with van der Waals surface area (Å²) >= 11 is 1.59. The lowest BCUT2D eigenvalue weighted by molar-refractivity contribution is -0.114. The molecule has 0 saturated carbocycles. The Morgan fingerprint density at radius 3 is 1.97 bits per heavy atom. The highest BCUT2D eigenvalue weighted by molar-refractivity contribution is 7.16. The number of thiophene rings is 1. The van der Waals surface area contributed by atoms with Crippen LogP contribution >= 0.6 is 11.3 Å². The lowest BCUT2D eigenvalue weighted by Gasteiger charge is -2.23. The highest BCUT2D eigenvalue weighted by Gasteiger charge is 2.25. The van der Waals surface area contributed by atoms with Crippen LogP contribution in [-0.4, -0.2) is 11.8 Å². The smallest absolute Gasteiger partial charge is 0.256 e. The summed E-state index contributed by atoms with van der Waals surface area (Å²) in [4.78, 5) is 25.5. The van der Waals surface area contributed by atoms with Crippen molar-refractivity contribution in [3.63, 3.8) is 0 Å². The average molecular weight is 470 g/mol. The van der Waals surface area contributed by atoms with Crippen LogP contribution in [0.1, 0.15) is 44.9 Å². The van der Waals surface area contributed by atoms with Crippen LogP contribution in [-0.2, 0) is 4.79 Å². The fourth-order valence-corrected chi connectivity index (χ4v) is 4.93. The van der Waals surface area contributed by atoms with E-state index in [1.54, 1.807) is 11.3 Å². The maximum atomic E-state index is 13.0.